The maximum absolute atomic E-state index is 12.8. The van der Waals surface area contributed by atoms with Gasteiger partial charge in [-0.2, -0.15) is 9.40 Å². The van der Waals surface area contributed by atoms with Gasteiger partial charge in [0, 0.05) is 12.1 Å². The van der Waals surface area contributed by atoms with Gasteiger partial charge in [0.2, 0.25) is 10.0 Å². The van der Waals surface area contributed by atoms with Crippen LogP contribution in [0.1, 0.15) is 49.3 Å². The number of hydrogen-bond donors (Lipinski definition) is 2. The van der Waals surface area contributed by atoms with Crippen LogP contribution in [0.15, 0.2) is 4.90 Å². The summed E-state index contributed by atoms with van der Waals surface area (Å²) in [4.78, 5) is 11.0. The molecule has 112 valence electrons. The van der Waals surface area contributed by atoms with E-state index < -0.39 is 21.7 Å². The summed E-state index contributed by atoms with van der Waals surface area (Å²) in [5.41, 5.74) is -0.173. The molecule has 2 unspecified atom stereocenters. The van der Waals surface area contributed by atoms with Gasteiger partial charge in [0.1, 0.15) is 4.90 Å². The second-order valence-corrected chi connectivity index (χ2v) is 6.93. The normalized spacial score (nSPS) is 24.1. The number of aryl methyl sites for hydroxylation is 1. The number of carboxylic acids is 1. The predicted octanol–water partition coefficient (Wildman–Crippen LogP) is 1.37. The van der Waals surface area contributed by atoms with Crippen molar-refractivity contribution >= 4 is 16.0 Å². The average molecular weight is 301 g/mol. The van der Waals surface area contributed by atoms with Crippen LogP contribution in [0.2, 0.25) is 0 Å². The highest BCUT2D eigenvalue weighted by atomic mass is 32.2. The van der Waals surface area contributed by atoms with Crippen molar-refractivity contribution in [2.24, 2.45) is 0 Å². The molecule has 1 saturated heterocycles. The maximum Gasteiger partial charge on any atom is 0.357 e. The van der Waals surface area contributed by atoms with Crippen LogP contribution in [-0.2, 0) is 10.0 Å². The molecule has 0 saturated carbocycles. The van der Waals surface area contributed by atoms with Crippen molar-refractivity contribution in [3.05, 3.63) is 11.4 Å². The Kier molecular flexibility index (Phi) is 3.88. The van der Waals surface area contributed by atoms with E-state index in [0.29, 0.717) is 6.42 Å². The Morgan fingerprint density at radius 3 is 2.70 bits per heavy atom. The van der Waals surface area contributed by atoms with Crippen LogP contribution < -0.4 is 0 Å². The van der Waals surface area contributed by atoms with E-state index in [4.69, 9.17) is 5.11 Å². The van der Waals surface area contributed by atoms with Crippen molar-refractivity contribution in [3.63, 3.8) is 0 Å². The molecule has 1 aromatic heterocycles. The second kappa shape index (κ2) is 5.17. The molecule has 1 aromatic rings. The maximum atomic E-state index is 12.8. The minimum atomic E-state index is -3.85. The topological polar surface area (TPSA) is 103 Å². The molecule has 1 fully saturated rings. The molecule has 20 heavy (non-hydrogen) atoms. The molecule has 2 N–H and O–H groups in total. The minimum absolute atomic E-state index is 0.0778. The van der Waals surface area contributed by atoms with Crippen molar-refractivity contribution in [2.45, 2.75) is 57.0 Å². The minimum Gasteiger partial charge on any atom is -0.476 e. The van der Waals surface area contributed by atoms with E-state index in [1.807, 2.05) is 13.8 Å². The van der Waals surface area contributed by atoms with Crippen molar-refractivity contribution in [3.8, 4) is 0 Å². The Labute approximate surface area is 118 Å². The van der Waals surface area contributed by atoms with E-state index in [9.17, 15) is 13.2 Å². The van der Waals surface area contributed by atoms with Gasteiger partial charge in [0.25, 0.3) is 0 Å². The lowest BCUT2D eigenvalue weighted by atomic mass is 10.2. The Bertz CT molecular complexity index is 623. The number of nitrogens with one attached hydrogen (secondary N) is 1. The molecule has 0 amide bonds. The van der Waals surface area contributed by atoms with Crippen molar-refractivity contribution in [2.75, 3.05) is 0 Å². The number of rotatable bonds is 4. The first-order chi connectivity index (χ1) is 9.30. The fourth-order valence-corrected chi connectivity index (χ4v) is 5.10. The third-order valence-electron chi connectivity index (χ3n) is 3.81. The molecule has 0 radical (unpaired) electrons. The number of carboxylic acid groups (broad SMARTS) is 1. The van der Waals surface area contributed by atoms with Crippen molar-refractivity contribution in [1.82, 2.24) is 14.5 Å². The first-order valence-corrected chi connectivity index (χ1v) is 8.06. The van der Waals surface area contributed by atoms with E-state index in [-0.39, 0.29) is 22.7 Å². The summed E-state index contributed by atoms with van der Waals surface area (Å²) in [7, 11) is -3.85. The lowest BCUT2D eigenvalue weighted by Gasteiger charge is -2.26. The highest BCUT2D eigenvalue weighted by molar-refractivity contribution is 7.89. The van der Waals surface area contributed by atoms with Gasteiger partial charge in [-0.05, 0) is 33.1 Å². The first-order valence-electron chi connectivity index (χ1n) is 6.62. The molecular weight excluding hydrogens is 282 g/mol. The number of sulfonamides is 1. The van der Waals surface area contributed by atoms with Crippen LogP contribution in [0.5, 0.6) is 0 Å². The zero-order valence-corrected chi connectivity index (χ0v) is 12.6. The lowest BCUT2D eigenvalue weighted by molar-refractivity contribution is 0.0686. The lowest BCUT2D eigenvalue weighted by Crippen LogP contribution is -2.40. The van der Waals surface area contributed by atoms with Gasteiger partial charge < -0.3 is 5.11 Å². The SMILES string of the molecule is CCC1CCC(C)N1S(=O)(=O)c1c(C(=O)O)n[nH]c1C. The van der Waals surface area contributed by atoms with Crippen molar-refractivity contribution in [1.29, 1.82) is 0 Å². The summed E-state index contributed by atoms with van der Waals surface area (Å²) in [6.07, 6.45) is 2.30. The van der Waals surface area contributed by atoms with Crippen LogP contribution in [0, 0.1) is 6.92 Å². The zero-order valence-electron chi connectivity index (χ0n) is 11.8. The molecule has 2 atom stereocenters. The Balaban J connectivity index is 2.56. The van der Waals surface area contributed by atoms with E-state index >= 15 is 0 Å². The summed E-state index contributed by atoms with van der Waals surface area (Å²) in [6.45, 7) is 5.31. The number of carbonyl (C=O) groups is 1. The number of aromatic carboxylic acids is 1. The van der Waals surface area contributed by atoms with Crippen LogP contribution in [0.25, 0.3) is 0 Å². The summed E-state index contributed by atoms with van der Waals surface area (Å²) in [6, 6.07) is -0.202. The molecule has 2 rings (SSSR count). The van der Waals surface area contributed by atoms with E-state index in [2.05, 4.69) is 10.2 Å². The quantitative estimate of drug-likeness (QED) is 0.874. The van der Waals surface area contributed by atoms with E-state index in [1.54, 1.807) is 0 Å². The first kappa shape index (κ1) is 15.0. The highest BCUT2D eigenvalue weighted by Crippen LogP contribution is 2.34. The second-order valence-electron chi connectivity index (χ2n) is 5.15. The molecule has 0 aliphatic carbocycles. The number of H-pyrrole nitrogens is 1. The molecule has 0 spiro atoms. The molecule has 0 aromatic carbocycles. The van der Waals surface area contributed by atoms with Gasteiger partial charge in [-0.25, -0.2) is 13.2 Å². The van der Waals surface area contributed by atoms with E-state index in [1.165, 1.54) is 11.2 Å². The Morgan fingerprint density at radius 1 is 1.50 bits per heavy atom. The summed E-state index contributed by atoms with van der Waals surface area (Å²) < 4.78 is 27.1. The van der Waals surface area contributed by atoms with Gasteiger partial charge in [0.05, 0.1) is 5.69 Å². The van der Waals surface area contributed by atoms with Gasteiger partial charge in [-0.15, -0.1) is 0 Å². The van der Waals surface area contributed by atoms with Crippen LogP contribution >= 0.6 is 0 Å². The Hall–Kier alpha value is -1.41. The molecule has 1 aliphatic rings. The molecule has 8 heteroatoms. The fourth-order valence-electron chi connectivity index (χ4n) is 2.85. The summed E-state index contributed by atoms with van der Waals surface area (Å²) >= 11 is 0. The third kappa shape index (κ3) is 2.22. The van der Waals surface area contributed by atoms with Gasteiger partial charge in [-0.1, -0.05) is 6.92 Å². The third-order valence-corrected chi connectivity index (χ3v) is 6.04. The number of aromatic nitrogens is 2. The predicted molar refractivity (Wildman–Crippen MR) is 72.1 cm³/mol. The van der Waals surface area contributed by atoms with Crippen LogP contribution in [0.3, 0.4) is 0 Å². The van der Waals surface area contributed by atoms with E-state index in [0.717, 1.165) is 12.8 Å². The van der Waals surface area contributed by atoms with Gasteiger partial charge >= 0.3 is 5.97 Å². The van der Waals surface area contributed by atoms with Crippen LogP contribution in [-0.4, -0.2) is 46.1 Å². The monoisotopic (exact) mass is 301 g/mol. The molecular formula is C12H19N3O4S. The Morgan fingerprint density at radius 2 is 2.15 bits per heavy atom. The summed E-state index contributed by atoms with van der Waals surface area (Å²) in [5.74, 6) is -1.34. The standard InChI is InChI=1S/C12H19N3O4S/c1-4-9-6-5-7(2)15(9)20(18,19)11-8(3)13-14-10(11)12(16)17/h7,9H,4-6H2,1-3H3,(H,13,14)(H,16,17). The largest absolute Gasteiger partial charge is 0.476 e. The average Bonchev–Trinajstić information content (AvgIpc) is 2.92. The molecule has 2 heterocycles. The smallest absolute Gasteiger partial charge is 0.357 e. The van der Waals surface area contributed by atoms with Crippen molar-refractivity contribution < 1.29 is 18.3 Å². The molecule has 1 aliphatic heterocycles. The van der Waals surface area contributed by atoms with Gasteiger partial charge in [0.15, 0.2) is 5.69 Å². The zero-order chi connectivity index (χ0) is 15.1. The fraction of sp³-hybridized carbons (Fsp3) is 0.667. The molecule has 0 bridgehead atoms. The van der Waals surface area contributed by atoms with Gasteiger partial charge in [-0.3, -0.25) is 5.10 Å². The molecule has 7 nitrogen and oxygen atoms in total. The van der Waals surface area contributed by atoms with Crippen LogP contribution in [0.4, 0.5) is 0 Å². The number of nitrogens with zero attached hydrogens (tertiary/aromatic N) is 2. The number of hydrogen-bond acceptors (Lipinski definition) is 4. The number of aromatic amines is 1. The summed E-state index contributed by atoms with van der Waals surface area (Å²) in [5, 5.41) is 15.2. The highest BCUT2D eigenvalue weighted by Gasteiger charge is 2.42.